The Bertz CT molecular complexity index is 1010. The van der Waals surface area contributed by atoms with Gasteiger partial charge >= 0.3 is 0 Å². The number of rotatable bonds is 4. The van der Waals surface area contributed by atoms with Gasteiger partial charge in [-0.2, -0.15) is 0 Å². The van der Waals surface area contributed by atoms with E-state index in [1.165, 1.54) is 10.9 Å². The average molecular weight is 364 g/mol. The van der Waals surface area contributed by atoms with Gasteiger partial charge in [-0.25, -0.2) is 9.97 Å². The first-order chi connectivity index (χ1) is 13.2. The van der Waals surface area contributed by atoms with Crippen molar-refractivity contribution in [1.82, 2.24) is 19.9 Å². The Balaban J connectivity index is 1.43. The number of piperazine rings is 1. The molecular weight excluding hydrogens is 344 g/mol. The number of carbonyl (C=O) groups is 1. The Kier molecular flexibility index (Phi) is 4.80. The smallest absolute Gasteiger partial charge is 0.261 e. The van der Waals surface area contributed by atoms with Gasteiger partial charge in [0.05, 0.1) is 29.1 Å². The number of carbonyl (C=O) groups excluding carboxylic acids is 1. The summed E-state index contributed by atoms with van der Waals surface area (Å²) in [5, 5.41) is 6.53. The second-order valence-electron chi connectivity index (χ2n) is 6.38. The Hall–Kier alpha value is -3.26. The van der Waals surface area contributed by atoms with Crippen molar-refractivity contribution in [3.63, 3.8) is 0 Å². The van der Waals surface area contributed by atoms with Crippen molar-refractivity contribution in [2.24, 2.45) is 0 Å². The molecule has 0 saturated carbocycles. The SMILES string of the molecule is O=C(Cn1cnc2ccccc2c1=O)Nc1ccc(N2CCNCC2)cn1. The van der Waals surface area contributed by atoms with Gasteiger partial charge in [-0.1, -0.05) is 12.1 Å². The van der Waals surface area contributed by atoms with Crippen LogP contribution in [0.1, 0.15) is 0 Å². The molecule has 2 aromatic heterocycles. The van der Waals surface area contributed by atoms with E-state index in [-0.39, 0.29) is 18.0 Å². The molecule has 1 aliphatic rings. The van der Waals surface area contributed by atoms with Gasteiger partial charge in [-0.05, 0) is 24.3 Å². The number of para-hydroxylation sites is 1. The highest BCUT2D eigenvalue weighted by Crippen LogP contribution is 2.15. The highest BCUT2D eigenvalue weighted by Gasteiger charge is 2.12. The second-order valence-corrected chi connectivity index (χ2v) is 6.38. The molecule has 0 bridgehead atoms. The van der Waals surface area contributed by atoms with E-state index >= 15 is 0 Å². The van der Waals surface area contributed by atoms with Gasteiger partial charge in [-0.3, -0.25) is 14.2 Å². The quantitative estimate of drug-likeness (QED) is 0.713. The number of amides is 1. The molecule has 2 N–H and O–H groups in total. The number of nitrogens with one attached hydrogen (secondary N) is 2. The molecular formula is C19H20N6O2. The largest absolute Gasteiger partial charge is 0.368 e. The van der Waals surface area contributed by atoms with Crippen molar-refractivity contribution < 1.29 is 4.79 Å². The first-order valence-electron chi connectivity index (χ1n) is 8.86. The van der Waals surface area contributed by atoms with Gasteiger partial charge in [0, 0.05) is 26.2 Å². The predicted octanol–water partition coefficient (Wildman–Crippen LogP) is 0.840. The summed E-state index contributed by atoms with van der Waals surface area (Å²) >= 11 is 0. The minimum absolute atomic E-state index is 0.113. The zero-order valence-electron chi connectivity index (χ0n) is 14.8. The number of anilines is 2. The third kappa shape index (κ3) is 3.80. The summed E-state index contributed by atoms with van der Waals surface area (Å²) in [6.07, 6.45) is 3.15. The van der Waals surface area contributed by atoms with Crippen LogP contribution in [0.5, 0.6) is 0 Å². The molecule has 3 heterocycles. The minimum atomic E-state index is -0.323. The Morgan fingerprint density at radius 2 is 1.93 bits per heavy atom. The predicted molar refractivity (Wildman–Crippen MR) is 104 cm³/mol. The van der Waals surface area contributed by atoms with Crippen molar-refractivity contribution >= 4 is 28.3 Å². The lowest BCUT2D eigenvalue weighted by atomic mass is 10.2. The monoisotopic (exact) mass is 364 g/mol. The van der Waals surface area contributed by atoms with Crippen LogP contribution in [0.2, 0.25) is 0 Å². The molecule has 1 amide bonds. The molecule has 0 atom stereocenters. The number of fused-ring (bicyclic) bond motifs is 1. The van der Waals surface area contributed by atoms with Crippen LogP contribution in [0.25, 0.3) is 10.9 Å². The van der Waals surface area contributed by atoms with E-state index in [0.29, 0.717) is 16.7 Å². The van der Waals surface area contributed by atoms with Crippen LogP contribution in [0.15, 0.2) is 53.7 Å². The number of pyridine rings is 1. The van der Waals surface area contributed by atoms with Gasteiger partial charge in [0.25, 0.3) is 5.56 Å². The molecule has 0 unspecified atom stereocenters. The fourth-order valence-electron chi connectivity index (χ4n) is 3.13. The van der Waals surface area contributed by atoms with Crippen molar-refractivity contribution in [1.29, 1.82) is 0 Å². The number of aromatic nitrogens is 3. The Morgan fingerprint density at radius 1 is 1.11 bits per heavy atom. The van der Waals surface area contributed by atoms with Crippen molar-refractivity contribution in [2.75, 3.05) is 36.4 Å². The van der Waals surface area contributed by atoms with Crippen LogP contribution in [0.4, 0.5) is 11.5 Å². The summed E-state index contributed by atoms with van der Waals surface area (Å²) in [5.74, 6) is 0.136. The highest BCUT2D eigenvalue weighted by atomic mass is 16.2. The lowest BCUT2D eigenvalue weighted by Crippen LogP contribution is -2.43. The lowest BCUT2D eigenvalue weighted by Gasteiger charge is -2.29. The van der Waals surface area contributed by atoms with E-state index in [9.17, 15) is 9.59 Å². The summed E-state index contributed by atoms with van der Waals surface area (Å²) in [6.45, 7) is 3.66. The molecule has 1 saturated heterocycles. The lowest BCUT2D eigenvalue weighted by molar-refractivity contribution is -0.116. The first-order valence-corrected chi connectivity index (χ1v) is 8.86. The van der Waals surface area contributed by atoms with Crippen LogP contribution in [0, 0.1) is 0 Å². The maximum Gasteiger partial charge on any atom is 0.261 e. The number of nitrogens with zero attached hydrogens (tertiary/aromatic N) is 4. The van der Waals surface area contributed by atoms with E-state index in [4.69, 9.17) is 0 Å². The molecule has 138 valence electrons. The highest BCUT2D eigenvalue weighted by molar-refractivity contribution is 5.90. The fraction of sp³-hybridized carbons (Fsp3) is 0.263. The van der Waals surface area contributed by atoms with Crippen LogP contribution >= 0.6 is 0 Å². The second kappa shape index (κ2) is 7.55. The van der Waals surface area contributed by atoms with Crippen molar-refractivity contribution in [3.05, 3.63) is 59.3 Å². The van der Waals surface area contributed by atoms with E-state index in [2.05, 4.69) is 25.5 Å². The summed E-state index contributed by atoms with van der Waals surface area (Å²) in [7, 11) is 0. The molecule has 0 spiro atoms. The number of benzene rings is 1. The number of hydrogen-bond acceptors (Lipinski definition) is 6. The molecule has 3 aromatic rings. The maximum atomic E-state index is 12.5. The number of hydrogen-bond donors (Lipinski definition) is 2. The topological polar surface area (TPSA) is 92.2 Å². The van der Waals surface area contributed by atoms with Crippen LogP contribution in [-0.4, -0.2) is 46.6 Å². The summed E-state index contributed by atoms with van der Waals surface area (Å²) in [6, 6.07) is 10.8. The van der Waals surface area contributed by atoms with Gasteiger partial charge in [-0.15, -0.1) is 0 Å². The first kappa shape index (κ1) is 17.2. The van der Waals surface area contributed by atoms with Gasteiger partial charge in [0.2, 0.25) is 5.91 Å². The normalized spacial score (nSPS) is 14.3. The molecule has 1 aromatic carbocycles. The average Bonchev–Trinajstić information content (AvgIpc) is 2.71. The van der Waals surface area contributed by atoms with E-state index in [1.54, 1.807) is 30.5 Å². The van der Waals surface area contributed by atoms with E-state index in [0.717, 1.165) is 31.9 Å². The molecule has 0 radical (unpaired) electrons. The molecule has 8 nitrogen and oxygen atoms in total. The summed E-state index contributed by atoms with van der Waals surface area (Å²) in [5.41, 5.74) is 1.41. The summed E-state index contributed by atoms with van der Waals surface area (Å²) in [4.78, 5) is 35.5. The fourth-order valence-corrected chi connectivity index (χ4v) is 3.13. The van der Waals surface area contributed by atoms with Gasteiger partial charge < -0.3 is 15.5 Å². The van der Waals surface area contributed by atoms with E-state index in [1.807, 2.05) is 12.1 Å². The minimum Gasteiger partial charge on any atom is -0.368 e. The van der Waals surface area contributed by atoms with E-state index < -0.39 is 0 Å². The Labute approximate surface area is 155 Å². The Morgan fingerprint density at radius 3 is 2.70 bits per heavy atom. The van der Waals surface area contributed by atoms with Gasteiger partial charge in [0.15, 0.2) is 0 Å². The third-order valence-electron chi connectivity index (χ3n) is 4.54. The standard InChI is InChI=1S/C19H20N6O2/c26-18(12-25-13-22-16-4-2-1-3-15(16)19(25)27)23-17-6-5-14(11-21-17)24-9-7-20-8-10-24/h1-6,11,13,20H,7-10,12H2,(H,21,23,26). The zero-order valence-corrected chi connectivity index (χ0v) is 14.8. The maximum absolute atomic E-state index is 12.5. The zero-order chi connectivity index (χ0) is 18.6. The summed E-state index contributed by atoms with van der Waals surface area (Å²) < 4.78 is 1.30. The van der Waals surface area contributed by atoms with Crippen LogP contribution in [0.3, 0.4) is 0 Å². The van der Waals surface area contributed by atoms with Gasteiger partial charge in [0.1, 0.15) is 12.4 Å². The molecule has 8 heteroatoms. The van der Waals surface area contributed by atoms with Crippen molar-refractivity contribution in [2.45, 2.75) is 6.54 Å². The van der Waals surface area contributed by atoms with Crippen LogP contribution < -0.4 is 21.1 Å². The molecule has 4 rings (SSSR count). The van der Waals surface area contributed by atoms with Crippen LogP contribution in [-0.2, 0) is 11.3 Å². The third-order valence-corrected chi connectivity index (χ3v) is 4.54. The molecule has 1 fully saturated rings. The molecule has 27 heavy (non-hydrogen) atoms. The molecule has 1 aliphatic heterocycles. The molecule has 0 aliphatic carbocycles. The van der Waals surface area contributed by atoms with Crippen molar-refractivity contribution in [3.8, 4) is 0 Å².